The summed E-state index contributed by atoms with van der Waals surface area (Å²) in [7, 11) is 1.65. The number of pyridine rings is 2. The predicted octanol–water partition coefficient (Wildman–Crippen LogP) is 3.78. The average Bonchev–Trinajstić information content (AvgIpc) is 2.89. The predicted molar refractivity (Wildman–Crippen MR) is 147 cm³/mol. The number of nitrogens with zero attached hydrogens (tertiary/aromatic N) is 3. The smallest absolute Gasteiger partial charge is 0.265 e. The number of fused-ring (bicyclic) bond motifs is 1. The van der Waals surface area contributed by atoms with Gasteiger partial charge in [0.25, 0.3) is 11.5 Å². The van der Waals surface area contributed by atoms with E-state index < -0.39 is 0 Å². The van der Waals surface area contributed by atoms with Crippen LogP contribution in [0.15, 0.2) is 41.3 Å². The average molecular weight is 517 g/mol. The Morgan fingerprint density at radius 1 is 1.13 bits per heavy atom. The lowest BCUT2D eigenvalue weighted by Gasteiger charge is -2.54. The minimum atomic E-state index is -0.266. The number of methoxy groups -OCH3 is 1. The molecule has 6 rings (SSSR count). The largest absolute Gasteiger partial charge is 0.497 e. The van der Waals surface area contributed by atoms with Crippen LogP contribution < -0.4 is 15.6 Å². The molecule has 1 aliphatic heterocycles. The highest BCUT2D eigenvalue weighted by molar-refractivity contribution is 6.03. The number of ether oxygens (including phenoxy) is 2. The fourth-order valence-electron chi connectivity index (χ4n) is 6.52. The fourth-order valence-corrected chi connectivity index (χ4v) is 6.52. The third kappa shape index (κ3) is 4.50. The van der Waals surface area contributed by atoms with E-state index in [4.69, 9.17) is 9.47 Å². The minimum Gasteiger partial charge on any atom is -0.497 e. The number of hydrogen-bond acceptors (Lipinski definition) is 6. The summed E-state index contributed by atoms with van der Waals surface area (Å²) in [6.07, 6.45) is 7.61. The summed E-state index contributed by atoms with van der Waals surface area (Å²) in [5.74, 6) is 0.509. The number of amides is 1. The zero-order valence-corrected chi connectivity index (χ0v) is 22.3. The Kier molecular flexibility index (Phi) is 6.70. The van der Waals surface area contributed by atoms with Gasteiger partial charge < -0.3 is 14.8 Å². The maximum atomic E-state index is 13.9. The highest BCUT2D eigenvalue weighted by Crippen LogP contribution is 2.55. The number of aryl methyl sites for hydroxylation is 1. The molecule has 200 valence electrons. The molecular weight excluding hydrogens is 480 g/mol. The van der Waals surface area contributed by atoms with Crippen molar-refractivity contribution < 1.29 is 14.3 Å². The normalized spacial score (nSPS) is 19.2. The van der Waals surface area contributed by atoms with Crippen molar-refractivity contribution in [2.45, 2.75) is 51.6 Å². The fraction of sp³-hybridized carbons (Fsp3) is 0.500. The van der Waals surface area contributed by atoms with Crippen molar-refractivity contribution in [3.63, 3.8) is 0 Å². The molecule has 1 spiro atoms. The molecule has 1 aromatic carbocycles. The van der Waals surface area contributed by atoms with Crippen LogP contribution in [0.5, 0.6) is 5.75 Å². The summed E-state index contributed by atoms with van der Waals surface area (Å²) < 4.78 is 12.5. The zero-order valence-electron chi connectivity index (χ0n) is 22.3. The van der Waals surface area contributed by atoms with Crippen LogP contribution in [0.4, 0.5) is 0 Å². The second-order valence-electron chi connectivity index (χ2n) is 11.1. The van der Waals surface area contributed by atoms with Crippen LogP contribution in [0, 0.1) is 12.3 Å². The van der Waals surface area contributed by atoms with E-state index >= 15 is 0 Å². The minimum absolute atomic E-state index is 0.147. The van der Waals surface area contributed by atoms with Gasteiger partial charge in [0.2, 0.25) is 0 Å². The quantitative estimate of drug-likeness (QED) is 0.515. The lowest BCUT2D eigenvalue weighted by molar-refractivity contribution is -0.000659. The van der Waals surface area contributed by atoms with Gasteiger partial charge in [0, 0.05) is 43.8 Å². The molecule has 0 radical (unpaired) electrons. The molecule has 0 bridgehead atoms. The summed E-state index contributed by atoms with van der Waals surface area (Å²) in [5.41, 5.74) is 3.64. The maximum absolute atomic E-state index is 13.9. The molecule has 1 N–H and O–H groups in total. The Labute approximate surface area is 223 Å². The molecule has 38 heavy (non-hydrogen) atoms. The van der Waals surface area contributed by atoms with Crippen molar-refractivity contribution in [3.8, 4) is 16.9 Å². The molecule has 3 fully saturated rings. The van der Waals surface area contributed by atoms with Gasteiger partial charge >= 0.3 is 0 Å². The van der Waals surface area contributed by atoms with E-state index in [1.807, 2.05) is 37.3 Å². The number of nitrogens with one attached hydrogen (secondary N) is 1. The molecule has 3 heterocycles. The van der Waals surface area contributed by atoms with Crippen molar-refractivity contribution in [1.82, 2.24) is 19.8 Å². The lowest BCUT2D eigenvalue weighted by atomic mass is 9.54. The van der Waals surface area contributed by atoms with Crippen LogP contribution in [0.3, 0.4) is 0 Å². The Balaban J connectivity index is 1.41. The Morgan fingerprint density at radius 2 is 1.87 bits per heavy atom. The van der Waals surface area contributed by atoms with E-state index in [0.717, 1.165) is 48.2 Å². The lowest BCUT2D eigenvalue weighted by Crippen LogP contribution is -2.54. The molecule has 2 aromatic heterocycles. The number of rotatable bonds is 7. The van der Waals surface area contributed by atoms with Crippen molar-refractivity contribution in [2.75, 3.05) is 40.0 Å². The summed E-state index contributed by atoms with van der Waals surface area (Å²) in [5, 5.41) is 4.03. The van der Waals surface area contributed by atoms with Crippen molar-refractivity contribution in [2.24, 2.45) is 5.41 Å². The van der Waals surface area contributed by atoms with Gasteiger partial charge in [-0.1, -0.05) is 18.6 Å². The van der Waals surface area contributed by atoms with Gasteiger partial charge in [-0.2, -0.15) is 0 Å². The van der Waals surface area contributed by atoms with E-state index in [1.165, 1.54) is 19.3 Å². The Morgan fingerprint density at radius 3 is 2.53 bits per heavy atom. The molecule has 3 aliphatic rings. The molecular formula is C30H36N4O4. The molecule has 1 saturated heterocycles. The molecule has 2 saturated carbocycles. The van der Waals surface area contributed by atoms with E-state index in [-0.39, 0.29) is 23.1 Å². The SMILES string of the molecule is COc1ccc(-c2ccnc3c2c(C)c(C(=O)NC2CC4(CCC4)C2)c(=O)n3CCN2CCOCC2)cc1. The Bertz CT molecular complexity index is 1400. The zero-order chi connectivity index (χ0) is 26.3. The van der Waals surface area contributed by atoms with Crippen LogP contribution in [0.2, 0.25) is 0 Å². The van der Waals surface area contributed by atoms with Gasteiger partial charge in [0.05, 0.1) is 20.3 Å². The van der Waals surface area contributed by atoms with Gasteiger partial charge in [0.15, 0.2) is 0 Å². The number of aromatic nitrogens is 2. The highest BCUT2D eigenvalue weighted by atomic mass is 16.5. The first kappa shape index (κ1) is 25.1. The number of benzene rings is 1. The van der Waals surface area contributed by atoms with Crippen LogP contribution >= 0.6 is 0 Å². The molecule has 0 unspecified atom stereocenters. The van der Waals surface area contributed by atoms with Crippen molar-refractivity contribution in [3.05, 3.63) is 58.0 Å². The van der Waals surface area contributed by atoms with E-state index in [1.54, 1.807) is 17.9 Å². The first-order valence-electron chi connectivity index (χ1n) is 13.8. The number of carbonyl (C=O) groups is 1. The number of hydrogen-bond donors (Lipinski definition) is 1. The first-order valence-corrected chi connectivity index (χ1v) is 13.8. The number of carbonyl (C=O) groups excluding carboxylic acids is 1. The van der Waals surface area contributed by atoms with Gasteiger partial charge in [-0.15, -0.1) is 0 Å². The molecule has 1 amide bonds. The molecule has 3 aromatic rings. The third-order valence-corrected chi connectivity index (χ3v) is 8.88. The van der Waals surface area contributed by atoms with Gasteiger partial charge in [-0.05, 0) is 72.9 Å². The van der Waals surface area contributed by atoms with Crippen LogP contribution in [0.25, 0.3) is 22.2 Å². The maximum Gasteiger partial charge on any atom is 0.265 e. The number of morpholine rings is 1. The second-order valence-corrected chi connectivity index (χ2v) is 11.1. The second kappa shape index (κ2) is 10.2. The van der Waals surface area contributed by atoms with Crippen LogP contribution in [-0.4, -0.2) is 66.4 Å². The van der Waals surface area contributed by atoms with Gasteiger partial charge in [0.1, 0.15) is 17.0 Å². The first-order chi connectivity index (χ1) is 18.5. The summed E-state index contributed by atoms with van der Waals surface area (Å²) in [6.45, 7) is 6.09. The van der Waals surface area contributed by atoms with Crippen LogP contribution in [-0.2, 0) is 11.3 Å². The van der Waals surface area contributed by atoms with E-state index in [2.05, 4.69) is 15.2 Å². The molecule has 2 aliphatic carbocycles. The molecule has 0 atom stereocenters. The van der Waals surface area contributed by atoms with Gasteiger partial charge in [-0.25, -0.2) is 4.98 Å². The molecule has 8 nitrogen and oxygen atoms in total. The standard InChI is InChI=1S/C30H36N4O4/c1-20-25-24(21-4-6-23(37-2)7-5-21)8-11-31-27(25)34(13-12-33-14-16-38-17-15-33)29(36)26(20)28(35)32-22-18-30(19-22)9-3-10-30/h4-8,11,22H,3,9-10,12-19H2,1-2H3,(H,32,35). The third-order valence-electron chi connectivity index (χ3n) is 8.88. The van der Waals surface area contributed by atoms with Crippen LogP contribution in [0.1, 0.15) is 48.0 Å². The van der Waals surface area contributed by atoms with E-state index in [0.29, 0.717) is 42.9 Å². The van der Waals surface area contributed by atoms with Gasteiger partial charge in [-0.3, -0.25) is 19.1 Å². The Hall–Kier alpha value is -3.23. The highest BCUT2D eigenvalue weighted by Gasteiger charge is 2.48. The monoisotopic (exact) mass is 516 g/mol. The molecule has 8 heteroatoms. The summed E-state index contributed by atoms with van der Waals surface area (Å²) >= 11 is 0. The van der Waals surface area contributed by atoms with Crippen molar-refractivity contribution >= 4 is 16.9 Å². The summed E-state index contributed by atoms with van der Waals surface area (Å²) in [4.78, 5) is 34.6. The van der Waals surface area contributed by atoms with Crippen molar-refractivity contribution in [1.29, 1.82) is 0 Å². The van der Waals surface area contributed by atoms with E-state index in [9.17, 15) is 9.59 Å². The summed E-state index contributed by atoms with van der Waals surface area (Å²) in [6, 6.07) is 9.96. The topological polar surface area (TPSA) is 85.7 Å².